The number of pyridine rings is 1. The molecule has 3 unspecified atom stereocenters. The van der Waals surface area contributed by atoms with Gasteiger partial charge in [-0.25, -0.2) is 9.37 Å². The van der Waals surface area contributed by atoms with E-state index >= 15 is 0 Å². The van der Waals surface area contributed by atoms with E-state index in [4.69, 9.17) is 9.47 Å². The number of carbonyl (C=O) groups is 2. The lowest BCUT2D eigenvalue weighted by atomic mass is 9.74. The summed E-state index contributed by atoms with van der Waals surface area (Å²) < 4.78 is 62.5. The monoisotopic (exact) mass is 494 g/mol. The largest absolute Gasteiger partial charge is 0.475 e. The van der Waals surface area contributed by atoms with Crippen LogP contribution in [0.15, 0.2) is 42.6 Å². The Morgan fingerprint density at radius 3 is 2.43 bits per heavy atom. The van der Waals surface area contributed by atoms with Gasteiger partial charge in [0, 0.05) is 36.2 Å². The first-order valence-electron chi connectivity index (χ1n) is 11.6. The molecule has 35 heavy (non-hydrogen) atoms. The van der Waals surface area contributed by atoms with Crippen LogP contribution in [0.2, 0.25) is 0 Å². The molecule has 1 aliphatic carbocycles. The number of amides is 1. The summed E-state index contributed by atoms with van der Waals surface area (Å²) in [5.74, 6) is -1.59. The van der Waals surface area contributed by atoms with Crippen LogP contribution >= 0.6 is 0 Å². The fourth-order valence-corrected chi connectivity index (χ4v) is 4.64. The maximum Gasteiger partial charge on any atom is 0.417 e. The van der Waals surface area contributed by atoms with E-state index in [0.29, 0.717) is 31.1 Å². The number of hydrogen-bond donors (Lipinski definition) is 0. The molecule has 0 radical (unpaired) electrons. The molecule has 4 rings (SSSR count). The lowest BCUT2D eigenvalue weighted by Gasteiger charge is -2.38. The van der Waals surface area contributed by atoms with Crippen LogP contribution in [-0.2, 0) is 15.7 Å². The van der Waals surface area contributed by atoms with Crippen molar-refractivity contribution in [3.8, 4) is 5.88 Å². The minimum absolute atomic E-state index is 0.0186. The number of ketones is 1. The van der Waals surface area contributed by atoms with Crippen molar-refractivity contribution in [3.63, 3.8) is 0 Å². The molecule has 1 saturated heterocycles. The standard InChI is InChI=1S/C25H26F4N2O4/c26-18-8-5-16(6-9-18)23(32)20-3-1-2-4-21(20)24(33)31-11-12-34-19(14-31)15-35-22-10-7-17(13-30-22)25(27,28)29/h5-10,13,19-21H,1-4,11-12,14-15H2. The van der Waals surface area contributed by atoms with Gasteiger partial charge in [0.2, 0.25) is 11.8 Å². The van der Waals surface area contributed by atoms with Crippen molar-refractivity contribution < 1.29 is 36.6 Å². The quantitative estimate of drug-likeness (QED) is 0.436. The second-order valence-electron chi connectivity index (χ2n) is 8.84. The summed E-state index contributed by atoms with van der Waals surface area (Å²) >= 11 is 0. The molecular weight excluding hydrogens is 468 g/mol. The molecule has 1 aliphatic heterocycles. The molecule has 6 nitrogen and oxygen atoms in total. The first kappa shape index (κ1) is 25.1. The molecule has 2 aliphatic rings. The zero-order chi connectivity index (χ0) is 25.0. The van der Waals surface area contributed by atoms with E-state index in [0.717, 1.165) is 25.0 Å². The van der Waals surface area contributed by atoms with Crippen molar-refractivity contribution in [2.75, 3.05) is 26.3 Å². The predicted octanol–water partition coefficient (Wildman–Crippen LogP) is 4.54. The molecule has 0 spiro atoms. The van der Waals surface area contributed by atoms with E-state index in [1.807, 2.05) is 0 Å². The van der Waals surface area contributed by atoms with Gasteiger partial charge < -0.3 is 14.4 Å². The van der Waals surface area contributed by atoms with Gasteiger partial charge in [0.05, 0.1) is 18.7 Å². The van der Waals surface area contributed by atoms with Crippen LogP contribution in [0.3, 0.4) is 0 Å². The van der Waals surface area contributed by atoms with Gasteiger partial charge in [-0.15, -0.1) is 0 Å². The summed E-state index contributed by atoms with van der Waals surface area (Å²) in [6, 6.07) is 7.41. The minimum Gasteiger partial charge on any atom is -0.475 e. The smallest absolute Gasteiger partial charge is 0.417 e. The Kier molecular flexibility index (Phi) is 7.69. The van der Waals surface area contributed by atoms with Crippen molar-refractivity contribution in [2.45, 2.75) is 38.0 Å². The normalized spacial score (nSPS) is 23.1. The number of rotatable bonds is 6. The Balaban J connectivity index is 1.36. The Morgan fingerprint density at radius 2 is 1.77 bits per heavy atom. The highest BCUT2D eigenvalue weighted by Gasteiger charge is 2.39. The summed E-state index contributed by atoms with van der Waals surface area (Å²) in [7, 11) is 0. The van der Waals surface area contributed by atoms with Gasteiger partial charge in [-0.2, -0.15) is 13.2 Å². The van der Waals surface area contributed by atoms with Crippen LogP contribution < -0.4 is 4.74 Å². The number of halogens is 4. The molecule has 0 bridgehead atoms. The van der Waals surface area contributed by atoms with Crippen LogP contribution in [0.4, 0.5) is 17.6 Å². The third kappa shape index (κ3) is 6.17. The second-order valence-corrected chi connectivity index (χ2v) is 8.84. The fourth-order valence-electron chi connectivity index (χ4n) is 4.64. The number of nitrogens with zero attached hydrogens (tertiary/aromatic N) is 2. The molecule has 3 atom stereocenters. The number of Topliss-reactive ketones (excluding diaryl/α,β-unsaturated/α-hetero) is 1. The zero-order valence-electron chi connectivity index (χ0n) is 19.0. The van der Waals surface area contributed by atoms with Crippen molar-refractivity contribution in [2.24, 2.45) is 11.8 Å². The SMILES string of the molecule is O=C(c1ccc(F)cc1)C1CCCCC1C(=O)N1CCOC(COc2ccc(C(F)(F)F)cn2)C1. The fraction of sp³-hybridized carbons (Fsp3) is 0.480. The van der Waals surface area contributed by atoms with E-state index in [2.05, 4.69) is 4.98 Å². The summed E-state index contributed by atoms with van der Waals surface area (Å²) in [5, 5.41) is 0. The molecule has 1 aromatic carbocycles. The molecule has 10 heteroatoms. The summed E-state index contributed by atoms with van der Waals surface area (Å²) in [4.78, 5) is 31.9. The highest BCUT2D eigenvalue weighted by Crippen LogP contribution is 2.34. The summed E-state index contributed by atoms with van der Waals surface area (Å²) in [5.41, 5.74) is -0.471. The second kappa shape index (κ2) is 10.7. The predicted molar refractivity (Wildman–Crippen MR) is 117 cm³/mol. The van der Waals surface area contributed by atoms with Crippen molar-refractivity contribution in [1.29, 1.82) is 0 Å². The summed E-state index contributed by atoms with van der Waals surface area (Å²) in [6.07, 6.45) is -1.36. The minimum atomic E-state index is -4.48. The highest BCUT2D eigenvalue weighted by molar-refractivity contribution is 6.00. The van der Waals surface area contributed by atoms with Crippen LogP contribution in [-0.4, -0.2) is 54.0 Å². The molecule has 1 saturated carbocycles. The number of morpholine rings is 1. The highest BCUT2D eigenvalue weighted by atomic mass is 19.4. The van der Waals surface area contributed by atoms with Gasteiger partial charge in [0.25, 0.3) is 0 Å². The number of carbonyl (C=O) groups excluding carboxylic acids is 2. The first-order valence-corrected chi connectivity index (χ1v) is 11.6. The van der Waals surface area contributed by atoms with Gasteiger partial charge in [0.1, 0.15) is 18.5 Å². The molecule has 1 aromatic heterocycles. The van der Waals surface area contributed by atoms with E-state index in [1.165, 1.54) is 24.3 Å². The Labute approximate surface area is 200 Å². The average Bonchev–Trinajstić information content (AvgIpc) is 2.87. The lowest BCUT2D eigenvalue weighted by Crippen LogP contribution is -2.51. The van der Waals surface area contributed by atoms with E-state index in [-0.39, 0.29) is 37.3 Å². The number of benzene rings is 1. The summed E-state index contributed by atoms with van der Waals surface area (Å²) in [6.45, 7) is 0.920. The number of hydrogen-bond acceptors (Lipinski definition) is 5. The first-order chi connectivity index (χ1) is 16.7. The molecule has 2 heterocycles. The number of alkyl halides is 3. The lowest BCUT2D eigenvalue weighted by molar-refractivity contribution is -0.146. The zero-order valence-corrected chi connectivity index (χ0v) is 19.0. The Hall–Kier alpha value is -3.01. The molecule has 2 aromatic rings. The van der Waals surface area contributed by atoms with Crippen LogP contribution in [0.1, 0.15) is 41.6 Å². The van der Waals surface area contributed by atoms with E-state index in [9.17, 15) is 27.2 Å². The van der Waals surface area contributed by atoms with E-state index < -0.39 is 35.5 Å². The van der Waals surface area contributed by atoms with Crippen molar-refractivity contribution in [3.05, 3.63) is 59.5 Å². The topological polar surface area (TPSA) is 68.7 Å². The van der Waals surface area contributed by atoms with Crippen molar-refractivity contribution >= 4 is 11.7 Å². The van der Waals surface area contributed by atoms with Crippen LogP contribution in [0, 0.1) is 17.7 Å². The molecular formula is C25H26F4N2O4. The maximum atomic E-state index is 13.4. The molecule has 1 amide bonds. The van der Waals surface area contributed by atoms with E-state index in [1.54, 1.807) is 4.90 Å². The van der Waals surface area contributed by atoms with Gasteiger partial charge in [-0.1, -0.05) is 12.8 Å². The average molecular weight is 494 g/mol. The van der Waals surface area contributed by atoms with Crippen molar-refractivity contribution in [1.82, 2.24) is 9.88 Å². The Bertz CT molecular complexity index is 1030. The molecule has 2 fully saturated rings. The molecule has 188 valence electrons. The third-order valence-corrected chi connectivity index (χ3v) is 6.48. The van der Waals surface area contributed by atoms with Crippen LogP contribution in [0.25, 0.3) is 0 Å². The Morgan fingerprint density at radius 1 is 1.06 bits per heavy atom. The van der Waals surface area contributed by atoms with Gasteiger partial charge >= 0.3 is 6.18 Å². The van der Waals surface area contributed by atoms with Gasteiger partial charge in [0.15, 0.2) is 5.78 Å². The number of aromatic nitrogens is 1. The van der Waals surface area contributed by atoms with Gasteiger partial charge in [-0.3, -0.25) is 9.59 Å². The number of ether oxygens (including phenoxy) is 2. The van der Waals surface area contributed by atoms with Crippen LogP contribution in [0.5, 0.6) is 5.88 Å². The molecule has 0 N–H and O–H groups in total. The maximum absolute atomic E-state index is 13.4. The van der Waals surface area contributed by atoms with Gasteiger partial charge in [-0.05, 0) is 43.2 Å². The third-order valence-electron chi connectivity index (χ3n) is 6.48.